The summed E-state index contributed by atoms with van der Waals surface area (Å²) in [5.74, 6) is 0.772. The van der Waals surface area contributed by atoms with Gasteiger partial charge in [-0.05, 0) is 60.2 Å². The van der Waals surface area contributed by atoms with Crippen LogP contribution in [0, 0.1) is 0 Å². The van der Waals surface area contributed by atoms with Gasteiger partial charge in [-0.2, -0.15) is 0 Å². The molecular formula is C25H23N5OS. The molecule has 1 N–H and O–H groups in total. The second-order valence-electron chi connectivity index (χ2n) is 7.59. The first-order chi connectivity index (χ1) is 15.8. The van der Waals surface area contributed by atoms with E-state index in [1.807, 2.05) is 60.9 Å². The Balaban J connectivity index is 1.63. The van der Waals surface area contributed by atoms with Crippen LogP contribution in [0.15, 0.2) is 91.5 Å². The van der Waals surface area contributed by atoms with Crippen LogP contribution in [0.4, 0.5) is 5.69 Å². The Labute approximate surface area is 192 Å². The molecule has 160 valence electrons. The van der Waals surface area contributed by atoms with E-state index >= 15 is 0 Å². The van der Waals surface area contributed by atoms with Gasteiger partial charge in [0.05, 0.1) is 24.5 Å². The van der Waals surface area contributed by atoms with Crippen LogP contribution < -0.4 is 15.0 Å². The van der Waals surface area contributed by atoms with Gasteiger partial charge in [-0.25, -0.2) is 0 Å². The number of ether oxygens (including phenoxy) is 1. The third-order valence-corrected chi connectivity index (χ3v) is 6.00. The summed E-state index contributed by atoms with van der Waals surface area (Å²) in [5.41, 5.74) is 4.12. The van der Waals surface area contributed by atoms with Crippen LogP contribution >= 0.6 is 12.2 Å². The second-order valence-corrected chi connectivity index (χ2v) is 7.98. The van der Waals surface area contributed by atoms with Crippen molar-refractivity contribution in [3.05, 3.63) is 108 Å². The van der Waals surface area contributed by atoms with E-state index in [1.165, 1.54) is 0 Å². The van der Waals surface area contributed by atoms with E-state index in [0.29, 0.717) is 11.7 Å². The minimum absolute atomic E-state index is 0.111. The molecule has 32 heavy (non-hydrogen) atoms. The Morgan fingerprint density at radius 1 is 1.00 bits per heavy atom. The summed E-state index contributed by atoms with van der Waals surface area (Å²) in [6.45, 7) is 0.716. The lowest BCUT2D eigenvalue weighted by Gasteiger charge is -2.30. The van der Waals surface area contributed by atoms with Crippen molar-refractivity contribution in [2.24, 2.45) is 0 Å². The molecule has 1 fully saturated rings. The SMILES string of the molecule is COc1ccccc1N1C(=S)N[C@@H](c2ccccn2)[C@@H]1c1cccn1Cc1cccnc1. The summed E-state index contributed by atoms with van der Waals surface area (Å²) in [5, 5.41) is 4.16. The van der Waals surface area contributed by atoms with Crippen LogP contribution in [0.5, 0.6) is 5.75 Å². The number of nitrogens with zero attached hydrogens (tertiary/aromatic N) is 4. The number of hydrogen-bond donors (Lipinski definition) is 1. The Morgan fingerprint density at radius 2 is 1.88 bits per heavy atom. The zero-order valence-electron chi connectivity index (χ0n) is 17.6. The number of aromatic nitrogens is 3. The molecule has 6 nitrogen and oxygen atoms in total. The van der Waals surface area contributed by atoms with E-state index in [0.717, 1.165) is 28.4 Å². The van der Waals surface area contributed by atoms with Crippen LogP contribution in [-0.2, 0) is 6.54 Å². The van der Waals surface area contributed by atoms with Gasteiger partial charge in [0.2, 0.25) is 0 Å². The zero-order valence-corrected chi connectivity index (χ0v) is 18.4. The van der Waals surface area contributed by atoms with Crippen LogP contribution in [0.3, 0.4) is 0 Å². The average Bonchev–Trinajstić information content (AvgIpc) is 3.43. The van der Waals surface area contributed by atoms with Gasteiger partial charge in [0.15, 0.2) is 5.11 Å². The lowest BCUT2D eigenvalue weighted by atomic mass is 10.0. The predicted octanol–water partition coefficient (Wildman–Crippen LogP) is 4.51. The fourth-order valence-electron chi connectivity index (χ4n) is 4.27. The minimum Gasteiger partial charge on any atom is -0.495 e. The molecular weight excluding hydrogens is 418 g/mol. The highest BCUT2D eigenvalue weighted by Crippen LogP contribution is 2.44. The molecule has 1 aliphatic heterocycles. The van der Waals surface area contributed by atoms with Gasteiger partial charge in [0, 0.05) is 37.0 Å². The average molecular weight is 442 g/mol. The van der Waals surface area contributed by atoms with Crippen LogP contribution in [0.2, 0.25) is 0 Å². The maximum Gasteiger partial charge on any atom is 0.174 e. The normalized spacial score (nSPS) is 17.9. The molecule has 3 aromatic heterocycles. The fraction of sp³-hybridized carbons (Fsp3) is 0.160. The van der Waals surface area contributed by atoms with Gasteiger partial charge in [0.1, 0.15) is 11.8 Å². The molecule has 1 saturated heterocycles. The third-order valence-electron chi connectivity index (χ3n) is 5.69. The maximum absolute atomic E-state index is 5.84. The van der Waals surface area contributed by atoms with Crippen LogP contribution in [-0.4, -0.2) is 26.8 Å². The van der Waals surface area contributed by atoms with Crippen molar-refractivity contribution in [1.29, 1.82) is 0 Å². The standard InChI is InChI=1S/C25H23N5OS/c1-31-22-12-3-2-10-20(22)30-24(23(28-25(30)32)19-9-4-5-14-27-19)21-11-7-15-29(21)17-18-8-6-13-26-16-18/h2-16,23-24H,17H2,1H3,(H,28,32)/t23-,24-/m0/s1. The van der Waals surface area contributed by atoms with E-state index < -0.39 is 0 Å². The summed E-state index contributed by atoms with van der Waals surface area (Å²) >= 11 is 5.84. The van der Waals surface area contributed by atoms with Crippen molar-refractivity contribution < 1.29 is 4.74 Å². The quantitative estimate of drug-likeness (QED) is 0.444. The molecule has 5 rings (SSSR count). The highest BCUT2D eigenvalue weighted by Gasteiger charge is 2.42. The highest BCUT2D eigenvalue weighted by molar-refractivity contribution is 7.80. The van der Waals surface area contributed by atoms with Gasteiger partial charge in [-0.1, -0.05) is 24.3 Å². The third kappa shape index (κ3) is 3.71. The molecule has 0 saturated carbocycles. The van der Waals surface area contributed by atoms with Gasteiger partial charge in [-0.15, -0.1) is 0 Å². The first-order valence-electron chi connectivity index (χ1n) is 10.4. The maximum atomic E-state index is 5.84. The van der Waals surface area contributed by atoms with Gasteiger partial charge >= 0.3 is 0 Å². The summed E-state index contributed by atoms with van der Waals surface area (Å²) in [4.78, 5) is 11.1. The molecule has 0 bridgehead atoms. The molecule has 0 radical (unpaired) electrons. The van der Waals surface area contributed by atoms with Gasteiger partial charge in [-0.3, -0.25) is 9.97 Å². The van der Waals surface area contributed by atoms with E-state index in [-0.39, 0.29) is 12.1 Å². The van der Waals surface area contributed by atoms with Crippen molar-refractivity contribution in [3.8, 4) is 5.75 Å². The van der Waals surface area contributed by atoms with Gasteiger partial charge in [0.25, 0.3) is 0 Å². The summed E-state index contributed by atoms with van der Waals surface area (Å²) in [6, 6.07) is 22.0. The summed E-state index contributed by atoms with van der Waals surface area (Å²) in [7, 11) is 1.68. The molecule has 4 aromatic rings. The minimum atomic E-state index is -0.115. The van der Waals surface area contributed by atoms with Crippen molar-refractivity contribution >= 4 is 23.0 Å². The molecule has 0 spiro atoms. The number of anilines is 1. The molecule has 0 unspecified atom stereocenters. The Morgan fingerprint density at radius 3 is 2.66 bits per heavy atom. The Kier molecular flexibility index (Phi) is 5.56. The number of benzene rings is 1. The first kappa shape index (κ1) is 20.2. The lowest BCUT2D eigenvalue weighted by molar-refractivity contribution is 0.414. The number of pyridine rings is 2. The van der Waals surface area contributed by atoms with Crippen molar-refractivity contribution in [2.45, 2.75) is 18.6 Å². The zero-order chi connectivity index (χ0) is 21.9. The fourth-order valence-corrected chi connectivity index (χ4v) is 4.61. The Hall–Kier alpha value is -3.71. The largest absolute Gasteiger partial charge is 0.495 e. The smallest absolute Gasteiger partial charge is 0.174 e. The summed E-state index contributed by atoms with van der Waals surface area (Å²) < 4.78 is 7.92. The first-order valence-corrected chi connectivity index (χ1v) is 10.8. The number of nitrogens with one attached hydrogen (secondary N) is 1. The molecule has 7 heteroatoms. The molecule has 0 aliphatic carbocycles. The molecule has 1 aliphatic rings. The van der Waals surface area contributed by atoms with Crippen molar-refractivity contribution in [3.63, 3.8) is 0 Å². The Bertz CT molecular complexity index is 1210. The number of methoxy groups -OCH3 is 1. The number of rotatable bonds is 6. The van der Waals surface area contributed by atoms with E-state index in [4.69, 9.17) is 17.0 Å². The second kappa shape index (κ2) is 8.80. The van der Waals surface area contributed by atoms with Crippen molar-refractivity contribution in [2.75, 3.05) is 12.0 Å². The van der Waals surface area contributed by atoms with Gasteiger partial charge < -0.3 is 19.5 Å². The lowest BCUT2D eigenvalue weighted by Crippen LogP contribution is -2.30. The highest BCUT2D eigenvalue weighted by atomic mass is 32.1. The van der Waals surface area contributed by atoms with Crippen LogP contribution in [0.25, 0.3) is 0 Å². The monoisotopic (exact) mass is 441 g/mol. The van der Waals surface area contributed by atoms with E-state index in [2.05, 4.69) is 49.1 Å². The molecule has 0 amide bonds. The molecule has 1 aromatic carbocycles. The van der Waals surface area contributed by atoms with E-state index in [9.17, 15) is 0 Å². The number of para-hydroxylation sites is 2. The van der Waals surface area contributed by atoms with E-state index in [1.54, 1.807) is 13.3 Å². The summed E-state index contributed by atoms with van der Waals surface area (Å²) in [6.07, 6.45) is 7.60. The topological polar surface area (TPSA) is 55.2 Å². The predicted molar refractivity (Wildman–Crippen MR) is 129 cm³/mol. The number of hydrogen-bond acceptors (Lipinski definition) is 4. The van der Waals surface area contributed by atoms with Crippen molar-refractivity contribution in [1.82, 2.24) is 19.9 Å². The number of thiocarbonyl (C=S) groups is 1. The molecule has 2 atom stereocenters. The molecule has 4 heterocycles. The van der Waals surface area contributed by atoms with Crippen LogP contribution in [0.1, 0.15) is 29.0 Å².